The molecule has 154 valence electrons. The van der Waals surface area contributed by atoms with E-state index in [1.54, 1.807) is 63.0 Å². The molecule has 0 heterocycles. The number of hydrogen-bond donors (Lipinski definition) is 1. The average molecular weight is 415 g/mol. The van der Waals surface area contributed by atoms with E-state index < -0.39 is 11.6 Å². The molecule has 0 aliphatic heterocycles. The Bertz CT molecular complexity index is 815. The molecule has 0 saturated carbocycles. The molecule has 2 aromatic rings. The number of carbonyl (C=O) groups excluding carboxylic acids is 2. The summed E-state index contributed by atoms with van der Waals surface area (Å²) in [5.41, 5.74) is 2.78. The molecule has 0 bridgehead atoms. The molecule has 2 aromatic carbocycles. The van der Waals surface area contributed by atoms with Gasteiger partial charge in [-0.25, -0.2) is 10.2 Å². The van der Waals surface area contributed by atoms with Crippen LogP contribution in [0.4, 0.5) is 0 Å². The van der Waals surface area contributed by atoms with Crippen LogP contribution in [0.2, 0.25) is 0 Å². The molecule has 0 radical (unpaired) electrons. The quantitative estimate of drug-likeness (QED) is 0.290. The highest BCUT2D eigenvalue weighted by molar-refractivity contribution is 7.99. The van der Waals surface area contributed by atoms with Gasteiger partial charge in [-0.05, 0) is 62.7 Å². The molecule has 0 aliphatic carbocycles. The van der Waals surface area contributed by atoms with Crippen molar-refractivity contribution in [2.24, 2.45) is 5.10 Å². The molecule has 0 spiro atoms. The summed E-state index contributed by atoms with van der Waals surface area (Å²) in [4.78, 5) is 24.6. The van der Waals surface area contributed by atoms with Crippen molar-refractivity contribution in [3.63, 3.8) is 0 Å². The minimum Gasteiger partial charge on any atom is -0.482 e. The molecule has 2 rings (SSSR count). The number of amides is 1. The van der Waals surface area contributed by atoms with Crippen LogP contribution in [0.15, 0.2) is 64.6 Å². The third-order valence-electron chi connectivity index (χ3n) is 3.40. The van der Waals surface area contributed by atoms with Crippen molar-refractivity contribution < 1.29 is 19.1 Å². The van der Waals surface area contributed by atoms with Gasteiger partial charge in [0.05, 0.1) is 6.21 Å². The van der Waals surface area contributed by atoms with Gasteiger partial charge in [0.15, 0.2) is 6.61 Å². The van der Waals surface area contributed by atoms with Crippen LogP contribution in [-0.2, 0) is 14.3 Å². The number of thioether (sulfide) groups is 1. The zero-order valence-electron chi connectivity index (χ0n) is 16.9. The number of hydrogen-bond acceptors (Lipinski definition) is 6. The Hall–Kier alpha value is -2.80. The first-order valence-corrected chi connectivity index (χ1v) is 10.2. The molecule has 0 unspecified atom stereocenters. The van der Waals surface area contributed by atoms with E-state index in [0.717, 1.165) is 10.5 Å². The highest BCUT2D eigenvalue weighted by atomic mass is 32.2. The van der Waals surface area contributed by atoms with Crippen LogP contribution < -0.4 is 10.2 Å². The van der Waals surface area contributed by atoms with Gasteiger partial charge in [-0.2, -0.15) is 5.10 Å². The Morgan fingerprint density at radius 2 is 1.76 bits per heavy atom. The Labute approximate surface area is 175 Å². The number of rotatable bonds is 9. The van der Waals surface area contributed by atoms with Gasteiger partial charge in [0.2, 0.25) is 5.91 Å². The Kier molecular flexibility index (Phi) is 8.73. The van der Waals surface area contributed by atoms with Crippen LogP contribution >= 0.6 is 11.8 Å². The number of esters is 1. The van der Waals surface area contributed by atoms with Gasteiger partial charge in [-0.3, -0.25) is 4.79 Å². The van der Waals surface area contributed by atoms with Gasteiger partial charge in [-0.15, -0.1) is 11.8 Å². The lowest BCUT2D eigenvalue weighted by Gasteiger charge is -2.19. The number of carbonyl (C=O) groups is 2. The predicted molar refractivity (Wildman–Crippen MR) is 115 cm³/mol. The molecule has 1 N–H and O–H groups in total. The highest BCUT2D eigenvalue weighted by Crippen LogP contribution is 2.17. The van der Waals surface area contributed by atoms with Crippen molar-refractivity contribution in [3.8, 4) is 5.75 Å². The first kappa shape index (κ1) is 22.5. The van der Waals surface area contributed by atoms with Crippen LogP contribution in [-0.4, -0.2) is 36.1 Å². The summed E-state index contributed by atoms with van der Waals surface area (Å²) >= 11 is 1.63. The van der Waals surface area contributed by atoms with Gasteiger partial charge in [0.25, 0.3) is 0 Å². The Morgan fingerprint density at radius 3 is 2.41 bits per heavy atom. The number of hydrazone groups is 1. The Morgan fingerprint density at radius 1 is 1.07 bits per heavy atom. The summed E-state index contributed by atoms with van der Waals surface area (Å²) in [6.45, 7) is 5.27. The largest absolute Gasteiger partial charge is 0.482 e. The zero-order chi connectivity index (χ0) is 21.1. The maximum atomic E-state index is 11.8. The minimum atomic E-state index is -0.536. The summed E-state index contributed by atoms with van der Waals surface area (Å²) in [5.74, 6) is 0.683. The second kappa shape index (κ2) is 11.3. The van der Waals surface area contributed by atoms with Crippen LogP contribution in [0.25, 0.3) is 0 Å². The summed E-state index contributed by atoms with van der Waals surface area (Å²) in [6, 6.07) is 17.0. The van der Waals surface area contributed by atoms with E-state index in [9.17, 15) is 9.59 Å². The molecule has 1 amide bonds. The van der Waals surface area contributed by atoms with Crippen LogP contribution in [0.5, 0.6) is 5.75 Å². The van der Waals surface area contributed by atoms with E-state index in [1.807, 2.05) is 30.3 Å². The molecule has 0 atom stereocenters. The van der Waals surface area contributed by atoms with E-state index in [2.05, 4.69) is 10.5 Å². The van der Waals surface area contributed by atoms with Crippen molar-refractivity contribution in [2.45, 2.75) is 37.7 Å². The minimum absolute atomic E-state index is 0.137. The number of nitrogens with zero attached hydrogens (tertiary/aromatic N) is 1. The number of benzene rings is 2. The predicted octanol–water partition coefficient (Wildman–Crippen LogP) is 4.04. The molecule has 0 saturated heterocycles. The summed E-state index contributed by atoms with van der Waals surface area (Å²) in [6.07, 6.45) is 1.94. The summed E-state index contributed by atoms with van der Waals surface area (Å²) in [7, 11) is 0. The zero-order valence-corrected chi connectivity index (χ0v) is 17.7. The lowest BCUT2D eigenvalue weighted by atomic mass is 10.2. The summed E-state index contributed by atoms with van der Waals surface area (Å²) in [5, 5.41) is 3.96. The molecular weight excluding hydrogens is 388 g/mol. The third kappa shape index (κ3) is 9.80. The lowest BCUT2D eigenvalue weighted by Crippen LogP contribution is -2.27. The van der Waals surface area contributed by atoms with E-state index in [1.165, 1.54) is 0 Å². The van der Waals surface area contributed by atoms with Gasteiger partial charge >= 0.3 is 5.97 Å². The monoisotopic (exact) mass is 414 g/mol. The van der Waals surface area contributed by atoms with Crippen molar-refractivity contribution in [3.05, 3.63) is 60.2 Å². The number of nitrogens with one attached hydrogen (secondary N) is 1. The fourth-order valence-corrected chi connectivity index (χ4v) is 3.05. The van der Waals surface area contributed by atoms with E-state index >= 15 is 0 Å². The van der Waals surface area contributed by atoms with Gasteiger partial charge in [-0.1, -0.05) is 18.2 Å². The SMILES string of the molecule is CC(C)(C)OC(=O)COc1ccc(/C=N\NC(=O)CCSc2ccccc2)cc1. The van der Waals surface area contributed by atoms with Crippen molar-refractivity contribution in [1.29, 1.82) is 0 Å². The van der Waals surface area contributed by atoms with Crippen LogP contribution in [0.3, 0.4) is 0 Å². The molecule has 0 aliphatic rings. The molecule has 6 nitrogen and oxygen atoms in total. The second-order valence-corrected chi connectivity index (χ2v) is 8.32. The molecular formula is C22H26N2O4S. The third-order valence-corrected chi connectivity index (χ3v) is 4.41. The lowest BCUT2D eigenvalue weighted by molar-refractivity contribution is -0.157. The maximum absolute atomic E-state index is 11.8. The molecule has 29 heavy (non-hydrogen) atoms. The first-order chi connectivity index (χ1) is 13.8. The van der Waals surface area contributed by atoms with Crippen molar-refractivity contribution in [2.75, 3.05) is 12.4 Å². The number of ether oxygens (including phenoxy) is 2. The molecule has 0 fully saturated rings. The van der Waals surface area contributed by atoms with Gasteiger partial charge in [0.1, 0.15) is 11.4 Å². The molecule has 7 heteroatoms. The van der Waals surface area contributed by atoms with Crippen molar-refractivity contribution in [1.82, 2.24) is 5.43 Å². The molecule has 0 aromatic heterocycles. The maximum Gasteiger partial charge on any atom is 0.344 e. The van der Waals surface area contributed by atoms with E-state index in [-0.39, 0.29) is 12.5 Å². The van der Waals surface area contributed by atoms with E-state index in [0.29, 0.717) is 17.9 Å². The standard InChI is InChI=1S/C22H26N2O4S/c1-22(2,3)28-21(26)16-27-18-11-9-17(10-12-18)15-23-24-20(25)13-14-29-19-7-5-4-6-8-19/h4-12,15H,13-14,16H2,1-3H3,(H,24,25)/b23-15-. The topological polar surface area (TPSA) is 77.0 Å². The highest BCUT2D eigenvalue weighted by Gasteiger charge is 2.16. The Balaban J connectivity index is 1.68. The fraction of sp³-hybridized carbons (Fsp3) is 0.318. The van der Waals surface area contributed by atoms with E-state index in [4.69, 9.17) is 9.47 Å². The first-order valence-electron chi connectivity index (χ1n) is 9.26. The average Bonchev–Trinajstić information content (AvgIpc) is 2.67. The van der Waals surface area contributed by atoms with Gasteiger partial charge < -0.3 is 9.47 Å². The van der Waals surface area contributed by atoms with Crippen molar-refractivity contribution >= 4 is 29.9 Å². The fourth-order valence-electron chi connectivity index (χ4n) is 2.18. The second-order valence-electron chi connectivity index (χ2n) is 7.15. The van der Waals surface area contributed by atoms with Crippen LogP contribution in [0, 0.1) is 0 Å². The summed E-state index contributed by atoms with van der Waals surface area (Å²) < 4.78 is 10.6. The van der Waals surface area contributed by atoms with Gasteiger partial charge in [0, 0.05) is 17.1 Å². The normalized spacial score (nSPS) is 11.3. The smallest absolute Gasteiger partial charge is 0.344 e. The van der Waals surface area contributed by atoms with Crippen LogP contribution in [0.1, 0.15) is 32.8 Å².